The highest BCUT2D eigenvalue weighted by atomic mass is 32.2. The van der Waals surface area contributed by atoms with Gasteiger partial charge in [0.25, 0.3) is 5.91 Å². The predicted octanol–water partition coefficient (Wildman–Crippen LogP) is 2.81. The number of hydrogen-bond acceptors (Lipinski definition) is 4. The first kappa shape index (κ1) is 20.5. The molecule has 0 unspecified atom stereocenters. The molecule has 1 atom stereocenters. The van der Waals surface area contributed by atoms with Crippen molar-refractivity contribution < 1.29 is 17.9 Å². The van der Waals surface area contributed by atoms with Crippen molar-refractivity contribution in [2.24, 2.45) is 0 Å². The molecule has 0 saturated carbocycles. The van der Waals surface area contributed by atoms with E-state index in [1.807, 2.05) is 6.92 Å². The zero-order valence-electron chi connectivity index (χ0n) is 16.0. The van der Waals surface area contributed by atoms with Crippen LogP contribution in [0.4, 0.5) is 0 Å². The van der Waals surface area contributed by atoms with Crippen molar-refractivity contribution in [1.82, 2.24) is 9.62 Å². The van der Waals surface area contributed by atoms with Crippen molar-refractivity contribution in [3.8, 4) is 0 Å². The maximum atomic E-state index is 12.8. The molecule has 1 fully saturated rings. The molecule has 1 N–H and O–H groups in total. The Morgan fingerprint density at radius 3 is 2.46 bits per heavy atom. The van der Waals surface area contributed by atoms with Gasteiger partial charge < -0.3 is 10.1 Å². The summed E-state index contributed by atoms with van der Waals surface area (Å²) in [6.07, 6.45) is 2.11. The number of carbonyl (C=O) groups excluding carboxylic acids is 1. The highest BCUT2D eigenvalue weighted by Gasteiger charge is 2.23. The second kappa shape index (κ2) is 9.32. The van der Waals surface area contributed by atoms with Gasteiger partial charge in [-0.25, -0.2) is 8.42 Å². The normalized spacial score (nSPS) is 17.0. The molecule has 2 aromatic carbocycles. The summed E-state index contributed by atoms with van der Waals surface area (Å²) in [4.78, 5) is 12.5. The lowest BCUT2D eigenvalue weighted by Gasteiger charge is -2.20. The van der Waals surface area contributed by atoms with Crippen LogP contribution in [0.5, 0.6) is 0 Å². The Bertz CT molecular complexity index is 876. The SMILES string of the molecule is CCN(Cc1ccc(C(=O)NC[C@H]2CCCO2)cc1)S(=O)(=O)c1ccccc1. The van der Waals surface area contributed by atoms with Crippen LogP contribution in [0, 0.1) is 0 Å². The van der Waals surface area contributed by atoms with Crippen LogP contribution in [0.15, 0.2) is 59.5 Å². The third-order valence-electron chi connectivity index (χ3n) is 4.82. The van der Waals surface area contributed by atoms with E-state index in [2.05, 4.69) is 5.32 Å². The molecule has 28 heavy (non-hydrogen) atoms. The topological polar surface area (TPSA) is 75.7 Å². The van der Waals surface area contributed by atoms with Crippen molar-refractivity contribution in [3.63, 3.8) is 0 Å². The number of benzene rings is 2. The van der Waals surface area contributed by atoms with E-state index >= 15 is 0 Å². The Balaban J connectivity index is 1.63. The zero-order chi connectivity index (χ0) is 20.0. The number of rotatable bonds is 8. The highest BCUT2D eigenvalue weighted by molar-refractivity contribution is 7.89. The van der Waals surface area contributed by atoms with Gasteiger partial charge in [0.1, 0.15) is 0 Å². The van der Waals surface area contributed by atoms with Crippen LogP contribution in [-0.4, -0.2) is 44.4 Å². The van der Waals surface area contributed by atoms with E-state index < -0.39 is 10.0 Å². The highest BCUT2D eigenvalue weighted by Crippen LogP contribution is 2.18. The molecule has 7 heteroatoms. The average Bonchev–Trinajstić information content (AvgIpc) is 3.25. The van der Waals surface area contributed by atoms with E-state index in [1.54, 1.807) is 54.6 Å². The summed E-state index contributed by atoms with van der Waals surface area (Å²) in [6, 6.07) is 15.5. The average molecular weight is 403 g/mol. The second-order valence-electron chi connectivity index (χ2n) is 6.79. The molecule has 0 radical (unpaired) electrons. The molecule has 0 bridgehead atoms. The fourth-order valence-corrected chi connectivity index (χ4v) is 4.65. The largest absolute Gasteiger partial charge is 0.376 e. The molecule has 0 spiro atoms. The summed E-state index contributed by atoms with van der Waals surface area (Å²) in [7, 11) is -3.55. The second-order valence-corrected chi connectivity index (χ2v) is 8.72. The van der Waals surface area contributed by atoms with Gasteiger partial charge in [0.2, 0.25) is 10.0 Å². The molecular formula is C21H26N2O4S. The maximum Gasteiger partial charge on any atom is 0.251 e. The molecule has 1 aliphatic heterocycles. The summed E-state index contributed by atoms with van der Waals surface area (Å²) in [5, 5.41) is 2.89. The van der Waals surface area contributed by atoms with Crippen LogP contribution < -0.4 is 5.32 Å². The molecule has 6 nitrogen and oxygen atoms in total. The van der Waals surface area contributed by atoms with Crippen molar-refractivity contribution in [2.45, 2.75) is 37.3 Å². The van der Waals surface area contributed by atoms with Gasteiger partial charge in [-0.2, -0.15) is 4.31 Å². The summed E-state index contributed by atoms with van der Waals surface area (Å²) in [5.74, 6) is -0.147. The molecule has 2 aromatic rings. The van der Waals surface area contributed by atoms with Gasteiger partial charge in [-0.3, -0.25) is 4.79 Å². The van der Waals surface area contributed by atoms with E-state index in [-0.39, 0.29) is 23.5 Å². The minimum atomic E-state index is -3.55. The van der Waals surface area contributed by atoms with Crippen LogP contribution in [0.3, 0.4) is 0 Å². The predicted molar refractivity (Wildman–Crippen MR) is 107 cm³/mol. The van der Waals surface area contributed by atoms with Crippen LogP contribution in [-0.2, 0) is 21.3 Å². The zero-order valence-corrected chi connectivity index (χ0v) is 16.8. The van der Waals surface area contributed by atoms with E-state index in [9.17, 15) is 13.2 Å². The van der Waals surface area contributed by atoms with Crippen LogP contribution >= 0.6 is 0 Å². The monoisotopic (exact) mass is 402 g/mol. The Labute approximate surface area is 166 Å². The first-order valence-corrected chi connectivity index (χ1v) is 11.0. The van der Waals surface area contributed by atoms with E-state index in [0.717, 1.165) is 25.0 Å². The standard InChI is InChI=1S/C21H26N2O4S/c1-2-23(28(25,26)20-8-4-3-5-9-20)16-17-10-12-18(13-11-17)21(24)22-15-19-7-6-14-27-19/h3-5,8-13,19H,2,6-7,14-16H2,1H3,(H,22,24)/t19-/m1/s1. The Morgan fingerprint density at radius 2 is 1.86 bits per heavy atom. The van der Waals surface area contributed by atoms with Crippen LogP contribution in [0.2, 0.25) is 0 Å². The first-order valence-electron chi connectivity index (χ1n) is 9.54. The first-order chi connectivity index (χ1) is 13.5. The number of amides is 1. The molecule has 1 heterocycles. The van der Waals surface area contributed by atoms with Crippen LogP contribution in [0.1, 0.15) is 35.7 Å². The lowest BCUT2D eigenvalue weighted by Crippen LogP contribution is -2.32. The van der Waals surface area contributed by atoms with Crippen molar-refractivity contribution in [2.75, 3.05) is 19.7 Å². The lowest BCUT2D eigenvalue weighted by atomic mass is 10.1. The fourth-order valence-electron chi connectivity index (χ4n) is 3.19. The van der Waals surface area contributed by atoms with Gasteiger partial charge in [0, 0.05) is 31.8 Å². The number of ether oxygens (including phenoxy) is 1. The number of carbonyl (C=O) groups is 1. The van der Waals surface area contributed by atoms with Crippen molar-refractivity contribution >= 4 is 15.9 Å². The van der Waals surface area contributed by atoms with Crippen molar-refractivity contribution in [1.29, 1.82) is 0 Å². The molecule has 1 saturated heterocycles. The number of nitrogens with one attached hydrogen (secondary N) is 1. The van der Waals surface area contributed by atoms with Gasteiger partial charge in [-0.15, -0.1) is 0 Å². The minimum Gasteiger partial charge on any atom is -0.376 e. The third-order valence-corrected chi connectivity index (χ3v) is 6.76. The van der Waals surface area contributed by atoms with E-state index in [0.29, 0.717) is 18.7 Å². The summed E-state index contributed by atoms with van der Waals surface area (Å²) in [5.41, 5.74) is 1.38. The Morgan fingerprint density at radius 1 is 1.14 bits per heavy atom. The summed E-state index contributed by atoms with van der Waals surface area (Å²) in [6.45, 7) is 3.70. The minimum absolute atomic E-state index is 0.101. The molecule has 3 rings (SSSR count). The Hall–Kier alpha value is -2.22. The van der Waals surface area contributed by atoms with Gasteiger partial charge in [0.15, 0.2) is 0 Å². The van der Waals surface area contributed by atoms with Crippen molar-refractivity contribution in [3.05, 3.63) is 65.7 Å². The summed E-state index contributed by atoms with van der Waals surface area (Å²) >= 11 is 0. The molecule has 150 valence electrons. The van der Waals surface area contributed by atoms with Gasteiger partial charge in [-0.05, 0) is 42.7 Å². The third kappa shape index (κ3) is 4.98. The smallest absolute Gasteiger partial charge is 0.251 e. The van der Waals surface area contributed by atoms with Gasteiger partial charge in [-0.1, -0.05) is 37.3 Å². The number of sulfonamides is 1. The quantitative estimate of drug-likeness (QED) is 0.737. The molecule has 0 aliphatic carbocycles. The van der Waals surface area contributed by atoms with Gasteiger partial charge in [0.05, 0.1) is 11.0 Å². The Kier molecular flexibility index (Phi) is 6.83. The van der Waals surface area contributed by atoms with Crippen LogP contribution in [0.25, 0.3) is 0 Å². The van der Waals surface area contributed by atoms with Gasteiger partial charge >= 0.3 is 0 Å². The maximum absolute atomic E-state index is 12.8. The molecular weight excluding hydrogens is 376 g/mol. The molecule has 0 aromatic heterocycles. The number of hydrogen-bond donors (Lipinski definition) is 1. The fraction of sp³-hybridized carbons (Fsp3) is 0.381. The number of nitrogens with zero attached hydrogens (tertiary/aromatic N) is 1. The summed E-state index contributed by atoms with van der Waals surface area (Å²) < 4.78 is 32.5. The van der Waals surface area contributed by atoms with E-state index in [4.69, 9.17) is 4.74 Å². The van der Waals surface area contributed by atoms with E-state index in [1.165, 1.54) is 4.31 Å². The lowest BCUT2D eigenvalue weighted by molar-refractivity contribution is 0.0857. The molecule has 1 aliphatic rings. The molecule has 1 amide bonds.